The molecule has 0 unspecified atom stereocenters. The van der Waals surface area contributed by atoms with Crippen molar-refractivity contribution < 1.29 is 13.9 Å². The molecule has 18 heavy (non-hydrogen) atoms. The quantitative estimate of drug-likeness (QED) is 0.900. The van der Waals surface area contributed by atoms with Crippen molar-refractivity contribution in [2.75, 3.05) is 6.61 Å². The van der Waals surface area contributed by atoms with E-state index in [2.05, 4.69) is 15.9 Å². The van der Waals surface area contributed by atoms with Gasteiger partial charge in [-0.15, -0.1) is 0 Å². The van der Waals surface area contributed by atoms with Crippen LogP contribution in [0.25, 0.3) is 11.1 Å². The summed E-state index contributed by atoms with van der Waals surface area (Å²) in [6.07, 6.45) is 0. The molecule has 1 N–H and O–H groups in total. The zero-order chi connectivity index (χ0) is 13.2. The molecule has 94 valence electrons. The summed E-state index contributed by atoms with van der Waals surface area (Å²) in [7, 11) is 0. The van der Waals surface area contributed by atoms with Crippen molar-refractivity contribution in [1.29, 1.82) is 0 Å². The van der Waals surface area contributed by atoms with Gasteiger partial charge in [-0.2, -0.15) is 8.78 Å². The molecule has 2 aromatic rings. The van der Waals surface area contributed by atoms with Gasteiger partial charge in [0.25, 0.3) is 5.92 Å². The van der Waals surface area contributed by atoms with Gasteiger partial charge in [0.05, 0.1) is 0 Å². The fraction of sp³-hybridized carbons (Fsp3) is 0.143. The summed E-state index contributed by atoms with van der Waals surface area (Å²) < 4.78 is 27.4. The van der Waals surface area contributed by atoms with Gasteiger partial charge >= 0.3 is 0 Å². The van der Waals surface area contributed by atoms with Crippen molar-refractivity contribution in [1.82, 2.24) is 0 Å². The Morgan fingerprint density at radius 3 is 1.78 bits per heavy atom. The molecule has 2 aromatic carbocycles. The van der Waals surface area contributed by atoms with Crippen LogP contribution in [0.3, 0.4) is 0 Å². The number of aliphatic hydroxyl groups excluding tert-OH is 1. The fourth-order valence-corrected chi connectivity index (χ4v) is 1.90. The van der Waals surface area contributed by atoms with Crippen molar-refractivity contribution >= 4 is 15.9 Å². The molecule has 0 amide bonds. The van der Waals surface area contributed by atoms with Gasteiger partial charge in [-0.1, -0.05) is 52.3 Å². The van der Waals surface area contributed by atoms with E-state index in [-0.39, 0.29) is 5.56 Å². The van der Waals surface area contributed by atoms with Crippen LogP contribution in [-0.2, 0) is 5.92 Å². The summed E-state index contributed by atoms with van der Waals surface area (Å²) in [5.41, 5.74) is 1.64. The van der Waals surface area contributed by atoms with Crippen molar-refractivity contribution in [3.05, 3.63) is 58.6 Å². The summed E-state index contributed by atoms with van der Waals surface area (Å²) in [5.74, 6) is -3.18. The Morgan fingerprint density at radius 2 is 1.33 bits per heavy atom. The first-order valence-electron chi connectivity index (χ1n) is 5.38. The van der Waals surface area contributed by atoms with E-state index in [9.17, 15) is 8.78 Å². The smallest absolute Gasteiger partial charge is 0.295 e. The maximum Gasteiger partial charge on any atom is 0.295 e. The number of rotatable bonds is 3. The van der Waals surface area contributed by atoms with Gasteiger partial charge in [-0.3, -0.25) is 0 Å². The average Bonchev–Trinajstić information content (AvgIpc) is 2.40. The van der Waals surface area contributed by atoms with Crippen molar-refractivity contribution in [3.8, 4) is 11.1 Å². The van der Waals surface area contributed by atoms with Crippen LogP contribution in [0, 0.1) is 0 Å². The van der Waals surface area contributed by atoms with Crippen LogP contribution in [0.5, 0.6) is 0 Å². The molecular formula is C14H11BrF2O. The number of benzene rings is 2. The zero-order valence-corrected chi connectivity index (χ0v) is 11.0. The molecule has 2 rings (SSSR count). The molecular weight excluding hydrogens is 302 g/mol. The average molecular weight is 313 g/mol. The van der Waals surface area contributed by atoms with E-state index in [1.807, 2.05) is 24.3 Å². The van der Waals surface area contributed by atoms with Gasteiger partial charge in [-0.05, 0) is 23.3 Å². The van der Waals surface area contributed by atoms with E-state index in [1.54, 1.807) is 12.1 Å². The van der Waals surface area contributed by atoms with Crippen LogP contribution >= 0.6 is 15.9 Å². The number of halogens is 3. The normalized spacial score (nSPS) is 11.6. The highest BCUT2D eigenvalue weighted by Crippen LogP contribution is 2.29. The van der Waals surface area contributed by atoms with E-state index >= 15 is 0 Å². The Kier molecular flexibility index (Phi) is 3.78. The van der Waals surface area contributed by atoms with Crippen molar-refractivity contribution in [3.63, 3.8) is 0 Å². The van der Waals surface area contributed by atoms with Gasteiger partial charge in [0, 0.05) is 10.0 Å². The van der Waals surface area contributed by atoms with Gasteiger partial charge in [0.2, 0.25) is 0 Å². The molecule has 0 saturated heterocycles. The van der Waals surface area contributed by atoms with Crippen LogP contribution < -0.4 is 0 Å². The van der Waals surface area contributed by atoms with Gasteiger partial charge in [0.15, 0.2) is 0 Å². The molecule has 0 radical (unpaired) electrons. The largest absolute Gasteiger partial charge is 0.390 e. The highest BCUT2D eigenvalue weighted by atomic mass is 79.9. The first-order valence-corrected chi connectivity index (χ1v) is 6.17. The number of aliphatic hydroxyl groups is 1. The second kappa shape index (κ2) is 5.16. The summed E-state index contributed by atoms with van der Waals surface area (Å²) in [4.78, 5) is 0. The Hall–Kier alpha value is -1.26. The minimum absolute atomic E-state index is 0.175. The third kappa shape index (κ3) is 2.76. The molecule has 0 heterocycles. The molecule has 0 saturated carbocycles. The second-order valence-corrected chi connectivity index (χ2v) is 4.86. The second-order valence-electron chi connectivity index (χ2n) is 3.95. The first kappa shape index (κ1) is 13.2. The lowest BCUT2D eigenvalue weighted by molar-refractivity contribution is -0.0556. The summed E-state index contributed by atoms with van der Waals surface area (Å²) in [6, 6.07) is 13.5. The Morgan fingerprint density at radius 1 is 0.889 bits per heavy atom. The van der Waals surface area contributed by atoms with Gasteiger partial charge < -0.3 is 5.11 Å². The Balaban J connectivity index is 2.30. The van der Waals surface area contributed by atoms with E-state index in [0.29, 0.717) is 0 Å². The summed E-state index contributed by atoms with van der Waals surface area (Å²) in [6.45, 7) is -1.18. The summed E-state index contributed by atoms with van der Waals surface area (Å²) in [5, 5.41) is 8.61. The Labute approximate surface area is 112 Å². The molecule has 0 aliphatic rings. The molecule has 4 heteroatoms. The molecule has 0 bridgehead atoms. The minimum atomic E-state index is -3.18. The molecule has 0 fully saturated rings. The predicted octanol–water partition coefficient (Wildman–Crippen LogP) is 4.20. The monoisotopic (exact) mass is 312 g/mol. The third-order valence-electron chi connectivity index (χ3n) is 2.68. The van der Waals surface area contributed by atoms with Gasteiger partial charge in [-0.25, -0.2) is 0 Å². The van der Waals surface area contributed by atoms with Crippen LogP contribution in [0.4, 0.5) is 8.78 Å². The standard InChI is InChI=1S/C14H11BrF2O/c15-13-7-3-11(4-8-13)10-1-5-12(6-2-10)14(16,17)9-18/h1-8,18H,9H2. The van der Waals surface area contributed by atoms with Crippen LogP contribution in [0.15, 0.2) is 53.0 Å². The lowest BCUT2D eigenvalue weighted by Gasteiger charge is -2.13. The highest BCUT2D eigenvalue weighted by molar-refractivity contribution is 9.10. The Bertz CT molecular complexity index is 520. The van der Waals surface area contributed by atoms with E-state index in [0.717, 1.165) is 15.6 Å². The molecule has 1 nitrogen and oxygen atoms in total. The highest BCUT2D eigenvalue weighted by Gasteiger charge is 2.30. The molecule has 0 aliphatic heterocycles. The van der Waals surface area contributed by atoms with Crippen LogP contribution in [-0.4, -0.2) is 11.7 Å². The summed E-state index contributed by atoms with van der Waals surface area (Å²) >= 11 is 3.34. The maximum absolute atomic E-state index is 13.2. The third-order valence-corrected chi connectivity index (χ3v) is 3.21. The molecule has 0 aliphatic carbocycles. The number of hydrogen-bond acceptors (Lipinski definition) is 1. The fourth-order valence-electron chi connectivity index (χ4n) is 1.64. The first-order chi connectivity index (χ1) is 8.53. The van der Waals surface area contributed by atoms with E-state index < -0.39 is 12.5 Å². The zero-order valence-electron chi connectivity index (χ0n) is 9.41. The topological polar surface area (TPSA) is 20.2 Å². The number of alkyl halides is 2. The predicted molar refractivity (Wildman–Crippen MR) is 70.6 cm³/mol. The molecule has 0 spiro atoms. The lowest BCUT2D eigenvalue weighted by atomic mass is 10.0. The number of hydrogen-bond donors (Lipinski definition) is 1. The SMILES string of the molecule is OCC(F)(F)c1ccc(-c2ccc(Br)cc2)cc1. The van der Waals surface area contributed by atoms with E-state index in [1.165, 1.54) is 12.1 Å². The molecule has 0 aromatic heterocycles. The lowest BCUT2D eigenvalue weighted by Crippen LogP contribution is -2.18. The van der Waals surface area contributed by atoms with Crippen LogP contribution in [0.2, 0.25) is 0 Å². The van der Waals surface area contributed by atoms with E-state index in [4.69, 9.17) is 5.11 Å². The maximum atomic E-state index is 13.2. The molecule has 0 atom stereocenters. The minimum Gasteiger partial charge on any atom is -0.390 e. The van der Waals surface area contributed by atoms with Crippen LogP contribution in [0.1, 0.15) is 5.56 Å². The van der Waals surface area contributed by atoms with Crippen molar-refractivity contribution in [2.24, 2.45) is 0 Å². The van der Waals surface area contributed by atoms with Crippen molar-refractivity contribution in [2.45, 2.75) is 5.92 Å². The van der Waals surface area contributed by atoms with Gasteiger partial charge in [0.1, 0.15) is 6.61 Å².